The van der Waals surface area contributed by atoms with Gasteiger partial charge in [-0.05, 0) is 47.9 Å². The molecule has 2 rings (SSSR count). The third-order valence-corrected chi connectivity index (χ3v) is 3.67. The van der Waals surface area contributed by atoms with E-state index in [1.807, 2.05) is 0 Å². The molecule has 1 aliphatic rings. The van der Waals surface area contributed by atoms with Crippen LogP contribution in [-0.4, -0.2) is 42.0 Å². The van der Waals surface area contributed by atoms with Crippen LogP contribution in [0.25, 0.3) is 0 Å². The number of hydrogen-bond donors (Lipinski definition) is 2. The number of aromatic nitrogens is 1. The highest BCUT2D eigenvalue weighted by Crippen LogP contribution is 2.17. The predicted octanol–water partition coefficient (Wildman–Crippen LogP) is 1.25. The van der Waals surface area contributed by atoms with E-state index < -0.39 is 0 Å². The quantitative estimate of drug-likeness (QED) is 0.878. The van der Waals surface area contributed by atoms with E-state index >= 15 is 0 Å². The zero-order valence-electron chi connectivity index (χ0n) is 10.2. The van der Waals surface area contributed by atoms with Crippen molar-refractivity contribution >= 4 is 27.7 Å². The second-order valence-electron chi connectivity index (χ2n) is 4.39. The number of carbonyl (C=O) groups is 1. The van der Waals surface area contributed by atoms with Gasteiger partial charge in [-0.1, -0.05) is 0 Å². The van der Waals surface area contributed by atoms with Gasteiger partial charge in [-0.25, -0.2) is 4.98 Å². The topological polar surface area (TPSA) is 71.2 Å². The number of rotatable bonds is 4. The van der Waals surface area contributed by atoms with E-state index in [1.54, 1.807) is 12.3 Å². The number of halogens is 1. The predicted molar refractivity (Wildman–Crippen MR) is 74.4 cm³/mol. The van der Waals surface area contributed by atoms with Crippen molar-refractivity contribution < 1.29 is 4.79 Å². The molecule has 0 spiro atoms. The van der Waals surface area contributed by atoms with E-state index in [-0.39, 0.29) is 5.91 Å². The van der Waals surface area contributed by atoms with E-state index in [2.05, 4.69) is 31.1 Å². The van der Waals surface area contributed by atoms with Crippen molar-refractivity contribution in [2.45, 2.75) is 12.8 Å². The standard InChI is InChI=1S/C12H17BrN4O/c13-10-8-16-11(14)7-9(10)12(18)15-3-6-17-4-1-2-5-17/h7-8H,1-6H2,(H2,14,16)(H,15,18). The van der Waals surface area contributed by atoms with Gasteiger partial charge in [0.15, 0.2) is 0 Å². The fourth-order valence-corrected chi connectivity index (χ4v) is 2.45. The van der Waals surface area contributed by atoms with Crippen LogP contribution in [0.15, 0.2) is 16.7 Å². The van der Waals surface area contributed by atoms with Crippen molar-refractivity contribution in [1.82, 2.24) is 15.2 Å². The van der Waals surface area contributed by atoms with Crippen LogP contribution in [-0.2, 0) is 0 Å². The Bertz CT molecular complexity index is 432. The number of nitrogen functional groups attached to an aromatic ring is 1. The Morgan fingerprint density at radius 1 is 1.50 bits per heavy atom. The summed E-state index contributed by atoms with van der Waals surface area (Å²) in [5, 5.41) is 2.90. The molecule has 5 nitrogen and oxygen atoms in total. The van der Waals surface area contributed by atoms with Crippen LogP contribution in [0.3, 0.4) is 0 Å². The fourth-order valence-electron chi connectivity index (χ4n) is 2.06. The van der Waals surface area contributed by atoms with Crippen LogP contribution in [0, 0.1) is 0 Å². The molecule has 0 atom stereocenters. The highest BCUT2D eigenvalue weighted by Gasteiger charge is 2.13. The monoisotopic (exact) mass is 312 g/mol. The normalized spacial score (nSPS) is 15.8. The van der Waals surface area contributed by atoms with Gasteiger partial charge < -0.3 is 16.0 Å². The summed E-state index contributed by atoms with van der Waals surface area (Å²) in [5.74, 6) is 0.234. The van der Waals surface area contributed by atoms with E-state index in [0.717, 1.165) is 19.6 Å². The SMILES string of the molecule is Nc1cc(C(=O)NCCN2CCCC2)c(Br)cn1. The number of anilines is 1. The lowest BCUT2D eigenvalue weighted by atomic mass is 10.2. The third kappa shape index (κ3) is 3.43. The molecule has 0 aromatic carbocycles. The maximum absolute atomic E-state index is 11.9. The summed E-state index contributed by atoms with van der Waals surface area (Å²) < 4.78 is 0.662. The summed E-state index contributed by atoms with van der Waals surface area (Å²) in [6.45, 7) is 3.85. The Morgan fingerprint density at radius 2 is 2.22 bits per heavy atom. The number of likely N-dealkylation sites (tertiary alicyclic amines) is 1. The Kier molecular flexibility index (Phi) is 4.54. The number of pyridine rings is 1. The van der Waals surface area contributed by atoms with Gasteiger partial charge in [0, 0.05) is 23.8 Å². The van der Waals surface area contributed by atoms with Crippen LogP contribution < -0.4 is 11.1 Å². The van der Waals surface area contributed by atoms with Gasteiger partial charge in [-0.2, -0.15) is 0 Å². The summed E-state index contributed by atoms with van der Waals surface area (Å²) in [6, 6.07) is 1.58. The highest BCUT2D eigenvalue weighted by atomic mass is 79.9. The van der Waals surface area contributed by atoms with E-state index in [0.29, 0.717) is 22.4 Å². The van der Waals surface area contributed by atoms with Crippen LogP contribution >= 0.6 is 15.9 Å². The number of hydrogen-bond acceptors (Lipinski definition) is 4. The molecule has 1 saturated heterocycles. The van der Waals surface area contributed by atoms with E-state index in [1.165, 1.54) is 12.8 Å². The molecular formula is C12H17BrN4O. The molecule has 1 aromatic heterocycles. The number of nitrogens with zero attached hydrogens (tertiary/aromatic N) is 2. The molecule has 6 heteroatoms. The smallest absolute Gasteiger partial charge is 0.252 e. The maximum atomic E-state index is 11.9. The second kappa shape index (κ2) is 6.15. The van der Waals surface area contributed by atoms with Gasteiger partial charge in [-0.15, -0.1) is 0 Å². The zero-order valence-corrected chi connectivity index (χ0v) is 11.7. The lowest BCUT2D eigenvalue weighted by molar-refractivity contribution is 0.0949. The molecule has 3 N–H and O–H groups in total. The van der Waals surface area contributed by atoms with Gasteiger partial charge in [0.2, 0.25) is 0 Å². The average molecular weight is 313 g/mol. The molecule has 98 valence electrons. The van der Waals surface area contributed by atoms with Gasteiger partial charge >= 0.3 is 0 Å². The Morgan fingerprint density at radius 3 is 2.94 bits per heavy atom. The molecular weight excluding hydrogens is 296 g/mol. The van der Waals surface area contributed by atoms with Crippen molar-refractivity contribution in [2.24, 2.45) is 0 Å². The van der Waals surface area contributed by atoms with Crippen molar-refractivity contribution in [3.05, 3.63) is 22.3 Å². The van der Waals surface area contributed by atoms with Crippen LogP contribution in [0.4, 0.5) is 5.82 Å². The zero-order chi connectivity index (χ0) is 13.0. The molecule has 1 aliphatic heterocycles. The van der Waals surface area contributed by atoms with E-state index in [9.17, 15) is 4.79 Å². The first-order chi connectivity index (χ1) is 8.66. The van der Waals surface area contributed by atoms with Crippen molar-refractivity contribution in [1.29, 1.82) is 0 Å². The van der Waals surface area contributed by atoms with Gasteiger partial charge in [0.25, 0.3) is 5.91 Å². The average Bonchev–Trinajstić information content (AvgIpc) is 2.85. The molecule has 1 aromatic rings. The Balaban J connectivity index is 1.85. The number of nitrogens with two attached hydrogens (primary N) is 1. The third-order valence-electron chi connectivity index (χ3n) is 3.03. The summed E-state index contributed by atoms with van der Waals surface area (Å²) in [7, 11) is 0. The molecule has 0 radical (unpaired) electrons. The van der Waals surface area contributed by atoms with Crippen molar-refractivity contribution in [2.75, 3.05) is 31.9 Å². The maximum Gasteiger partial charge on any atom is 0.252 e. The minimum absolute atomic E-state index is 0.116. The molecule has 0 aliphatic carbocycles. The van der Waals surface area contributed by atoms with Gasteiger partial charge in [0.1, 0.15) is 5.82 Å². The first-order valence-electron chi connectivity index (χ1n) is 6.08. The van der Waals surface area contributed by atoms with Crippen LogP contribution in [0.1, 0.15) is 23.2 Å². The molecule has 0 bridgehead atoms. The van der Waals surface area contributed by atoms with Crippen LogP contribution in [0.2, 0.25) is 0 Å². The minimum Gasteiger partial charge on any atom is -0.384 e. The molecule has 0 saturated carbocycles. The summed E-state index contributed by atoms with van der Waals surface area (Å²) in [6.07, 6.45) is 4.07. The van der Waals surface area contributed by atoms with Gasteiger partial charge in [-0.3, -0.25) is 4.79 Å². The second-order valence-corrected chi connectivity index (χ2v) is 5.25. The largest absolute Gasteiger partial charge is 0.384 e. The van der Waals surface area contributed by atoms with Crippen LogP contribution in [0.5, 0.6) is 0 Å². The minimum atomic E-state index is -0.116. The first kappa shape index (κ1) is 13.3. The van der Waals surface area contributed by atoms with E-state index in [4.69, 9.17) is 5.73 Å². The molecule has 0 unspecified atom stereocenters. The molecule has 1 fully saturated rings. The van der Waals surface area contributed by atoms with Gasteiger partial charge in [0.05, 0.1) is 5.56 Å². The number of amides is 1. The number of carbonyl (C=O) groups excluding carboxylic acids is 1. The highest BCUT2D eigenvalue weighted by molar-refractivity contribution is 9.10. The Hall–Kier alpha value is -1.14. The molecule has 2 heterocycles. The number of nitrogens with one attached hydrogen (secondary N) is 1. The molecule has 18 heavy (non-hydrogen) atoms. The lowest BCUT2D eigenvalue weighted by Gasteiger charge is -2.15. The summed E-state index contributed by atoms with van der Waals surface area (Å²) in [4.78, 5) is 18.2. The van der Waals surface area contributed by atoms with Crippen molar-refractivity contribution in [3.63, 3.8) is 0 Å². The lowest BCUT2D eigenvalue weighted by Crippen LogP contribution is -2.33. The fraction of sp³-hybridized carbons (Fsp3) is 0.500. The summed E-state index contributed by atoms with van der Waals surface area (Å²) in [5.41, 5.74) is 6.10. The van der Waals surface area contributed by atoms with Crippen molar-refractivity contribution in [3.8, 4) is 0 Å². The first-order valence-corrected chi connectivity index (χ1v) is 6.87. The Labute approximate surface area is 115 Å². The summed E-state index contributed by atoms with van der Waals surface area (Å²) >= 11 is 3.30. The molecule has 1 amide bonds.